The fourth-order valence-corrected chi connectivity index (χ4v) is 0.704. The lowest BCUT2D eigenvalue weighted by Gasteiger charge is -1.93. The summed E-state index contributed by atoms with van der Waals surface area (Å²) in [6.45, 7) is 2.73. The minimum absolute atomic E-state index is 0.0116. The third kappa shape index (κ3) is 5.78. The van der Waals surface area contributed by atoms with Crippen LogP contribution in [0.4, 0.5) is 0 Å². The van der Waals surface area contributed by atoms with Gasteiger partial charge in [0.15, 0.2) is 0 Å². The number of hydrogen-bond acceptors (Lipinski definition) is 3. The Balaban J connectivity index is 4.02. The highest BCUT2D eigenvalue weighted by Gasteiger charge is 2.05. The van der Waals surface area contributed by atoms with E-state index in [1.807, 2.05) is 0 Å². The molecule has 0 atom stereocenters. The second kappa shape index (κ2) is 5.24. The largest absolute Gasteiger partial charge is 0.478 e. The van der Waals surface area contributed by atoms with Crippen molar-refractivity contribution in [2.24, 2.45) is 0 Å². The summed E-state index contributed by atoms with van der Waals surface area (Å²) in [4.78, 5) is 31.7. The van der Waals surface area contributed by atoms with Crippen LogP contribution in [0.25, 0.3) is 0 Å². The highest BCUT2D eigenvalue weighted by molar-refractivity contribution is 5.99. The molecule has 0 bridgehead atoms. The zero-order valence-electron chi connectivity index (χ0n) is 7.66. The molecular formula is C9H12O4. The summed E-state index contributed by atoms with van der Waals surface area (Å²) < 4.78 is 0. The van der Waals surface area contributed by atoms with Crippen LogP contribution in [0.5, 0.6) is 0 Å². The van der Waals surface area contributed by atoms with Crippen LogP contribution in [0.2, 0.25) is 0 Å². The van der Waals surface area contributed by atoms with E-state index in [0.717, 1.165) is 0 Å². The zero-order valence-corrected chi connectivity index (χ0v) is 7.66. The predicted molar refractivity (Wildman–Crippen MR) is 46.3 cm³/mol. The van der Waals surface area contributed by atoms with Crippen LogP contribution in [0.1, 0.15) is 26.7 Å². The van der Waals surface area contributed by atoms with Gasteiger partial charge in [0.05, 0.1) is 6.42 Å². The van der Waals surface area contributed by atoms with Gasteiger partial charge in [-0.3, -0.25) is 9.59 Å². The van der Waals surface area contributed by atoms with E-state index < -0.39 is 5.97 Å². The summed E-state index contributed by atoms with van der Waals surface area (Å²) >= 11 is 0. The number of carbonyl (C=O) groups is 3. The number of aliphatic carboxylic acids is 1. The lowest BCUT2D eigenvalue weighted by atomic mass is 10.1. The normalized spacial score (nSPS) is 11.1. The second-order valence-corrected chi connectivity index (χ2v) is 2.81. The Bertz CT molecular complexity index is 263. The van der Waals surface area contributed by atoms with Crippen molar-refractivity contribution in [1.29, 1.82) is 0 Å². The molecule has 0 radical (unpaired) electrons. The molecule has 4 heteroatoms. The number of carboxylic acids is 1. The van der Waals surface area contributed by atoms with Crippen molar-refractivity contribution in [3.63, 3.8) is 0 Å². The first-order valence-electron chi connectivity index (χ1n) is 3.84. The van der Waals surface area contributed by atoms with Gasteiger partial charge in [0, 0.05) is 12.0 Å². The molecule has 0 aromatic rings. The number of Topliss-reactive ketones (excluding diaryl/α,β-unsaturated/α-hetero) is 2. The number of hydrogen-bond donors (Lipinski definition) is 1. The SMILES string of the molecule is CC(=O)CC(=O)C/C=C(\C)C(=O)O. The first kappa shape index (κ1) is 11.6. The molecule has 0 amide bonds. The van der Waals surface area contributed by atoms with E-state index >= 15 is 0 Å². The molecule has 0 saturated carbocycles. The van der Waals surface area contributed by atoms with Crippen molar-refractivity contribution in [3.8, 4) is 0 Å². The third-order valence-electron chi connectivity index (χ3n) is 1.42. The van der Waals surface area contributed by atoms with Crippen molar-refractivity contribution < 1.29 is 19.5 Å². The van der Waals surface area contributed by atoms with Crippen LogP contribution >= 0.6 is 0 Å². The maximum absolute atomic E-state index is 10.9. The van der Waals surface area contributed by atoms with Gasteiger partial charge in [-0.15, -0.1) is 0 Å². The summed E-state index contributed by atoms with van der Waals surface area (Å²) in [5.74, 6) is -1.50. The lowest BCUT2D eigenvalue weighted by molar-refractivity contribution is -0.132. The molecule has 0 fully saturated rings. The molecule has 0 unspecified atom stereocenters. The number of rotatable bonds is 5. The Morgan fingerprint density at radius 3 is 2.15 bits per heavy atom. The third-order valence-corrected chi connectivity index (χ3v) is 1.42. The van der Waals surface area contributed by atoms with Crippen LogP contribution in [0.3, 0.4) is 0 Å². The smallest absolute Gasteiger partial charge is 0.330 e. The summed E-state index contributed by atoms with van der Waals surface area (Å²) in [5, 5.41) is 8.43. The Morgan fingerprint density at radius 1 is 1.23 bits per heavy atom. The van der Waals surface area contributed by atoms with Gasteiger partial charge in [-0.1, -0.05) is 6.08 Å². The standard InChI is InChI=1S/C9H12O4/c1-6(9(12)13)3-4-8(11)5-7(2)10/h3H,4-5H2,1-2H3,(H,12,13)/b6-3+. The summed E-state index contributed by atoms with van der Waals surface area (Å²) in [6, 6.07) is 0. The molecule has 13 heavy (non-hydrogen) atoms. The zero-order chi connectivity index (χ0) is 10.4. The van der Waals surface area contributed by atoms with Crippen LogP contribution in [0, 0.1) is 0 Å². The predicted octanol–water partition coefficient (Wildman–Crippen LogP) is 0.956. The van der Waals surface area contributed by atoms with Crippen molar-refractivity contribution in [1.82, 2.24) is 0 Å². The van der Waals surface area contributed by atoms with Gasteiger partial charge in [-0.2, -0.15) is 0 Å². The van der Waals surface area contributed by atoms with E-state index in [0.29, 0.717) is 0 Å². The first-order valence-corrected chi connectivity index (χ1v) is 3.84. The highest BCUT2D eigenvalue weighted by Crippen LogP contribution is 1.98. The summed E-state index contributed by atoms with van der Waals surface area (Å²) in [5.41, 5.74) is 0.122. The Hall–Kier alpha value is -1.45. The fourth-order valence-electron chi connectivity index (χ4n) is 0.704. The van der Waals surface area contributed by atoms with Crippen molar-refractivity contribution in [2.75, 3.05) is 0 Å². The topological polar surface area (TPSA) is 71.4 Å². The Kier molecular flexibility index (Phi) is 4.66. The monoisotopic (exact) mass is 184 g/mol. The molecule has 0 heterocycles. The van der Waals surface area contributed by atoms with E-state index in [4.69, 9.17) is 5.11 Å². The van der Waals surface area contributed by atoms with Gasteiger partial charge < -0.3 is 5.11 Å². The average Bonchev–Trinajstić information content (AvgIpc) is 1.98. The molecule has 0 spiro atoms. The Morgan fingerprint density at radius 2 is 1.77 bits per heavy atom. The van der Waals surface area contributed by atoms with Crippen LogP contribution < -0.4 is 0 Å². The van der Waals surface area contributed by atoms with E-state index in [2.05, 4.69) is 0 Å². The van der Waals surface area contributed by atoms with Gasteiger partial charge in [-0.05, 0) is 13.8 Å². The summed E-state index contributed by atoms with van der Waals surface area (Å²) in [7, 11) is 0. The molecular weight excluding hydrogens is 172 g/mol. The average molecular weight is 184 g/mol. The van der Waals surface area contributed by atoms with Crippen LogP contribution in [-0.4, -0.2) is 22.6 Å². The maximum atomic E-state index is 10.9. The van der Waals surface area contributed by atoms with Crippen molar-refractivity contribution >= 4 is 17.5 Å². The van der Waals surface area contributed by atoms with E-state index in [1.165, 1.54) is 19.9 Å². The number of carbonyl (C=O) groups excluding carboxylic acids is 2. The molecule has 0 aromatic heterocycles. The van der Waals surface area contributed by atoms with Gasteiger partial charge >= 0.3 is 5.97 Å². The molecule has 0 aromatic carbocycles. The van der Waals surface area contributed by atoms with E-state index in [-0.39, 0.29) is 30.0 Å². The van der Waals surface area contributed by atoms with Gasteiger partial charge in [-0.25, -0.2) is 4.79 Å². The maximum Gasteiger partial charge on any atom is 0.330 e. The quantitative estimate of drug-likeness (QED) is 0.510. The minimum atomic E-state index is -1.05. The van der Waals surface area contributed by atoms with Gasteiger partial charge in [0.2, 0.25) is 0 Å². The highest BCUT2D eigenvalue weighted by atomic mass is 16.4. The minimum Gasteiger partial charge on any atom is -0.478 e. The van der Waals surface area contributed by atoms with Crippen LogP contribution in [-0.2, 0) is 14.4 Å². The molecule has 4 nitrogen and oxygen atoms in total. The summed E-state index contributed by atoms with van der Waals surface area (Å²) in [6.07, 6.45) is 1.20. The van der Waals surface area contributed by atoms with E-state index in [9.17, 15) is 14.4 Å². The molecule has 1 N–H and O–H groups in total. The number of allylic oxidation sites excluding steroid dienone is 1. The molecule has 0 rings (SSSR count). The van der Waals surface area contributed by atoms with Gasteiger partial charge in [0.1, 0.15) is 11.6 Å². The fraction of sp³-hybridized carbons (Fsp3) is 0.444. The van der Waals surface area contributed by atoms with E-state index in [1.54, 1.807) is 0 Å². The number of ketones is 2. The molecule has 0 aliphatic carbocycles. The first-order chi connectivity index (χ1) is 5.93. The number of carboxylic acid groups (broad SMARTS) is 1. The van der Waals surface area contributed by atoms with Crippen molar-refractivity contribution in [2.45, 2.75) is 26.7 Å². The molecule has 0 saturated heterocycles. The van der Waals surface area contributed by atoms with Gasteiger partial charge in [0.25, 0.3) is 0 Å². The van der Waals surface area contributed by atoms with Crippen LogP contribution in [0.15, 0.2) is 11.6 Å². The van der Waals surface area contributed by atoms with Crippen molar-refractivity contribution in [3.05, 3.63) is 11.6 Å². The molecule has 0 aliphatic rings. The molecule has 72 valence electrons. The second-order valence-electron chi connectivity index (χ2n) is 2.81. The molecule has 0 aliphatic heterocycles. The Labute approximate surface area is 76.2 Å². The lowest BCUT2D eigenvalue weighted by Crippen LogP contribution is -2.04.